The Morgan fingerprint density at radius 3 is 2.26 bits per heavy atom. The van der Waals surface area contributed by atoms with Gasteiger partial charge in [-0.1, -0.05) is 41.4 Å². The first kappa shape index (κ1) is 27.5. The molecule has 192 valence electrons. The molecule has 0 aliphatic rings. The Balaban J connectivity index is 1.36. The fraction of sp³-hybridized carbons (Fsp3) is 0.0357. The smallest absolute Gasteiger partial charge is 0.272 e. The third-order valence-corrected chi connectivity index (χ3v) is 7.52. The summed E-state index contributed by atoms with van der Waals surface area (Å²) in [6.07, 6.45) is 1.63. The molecule has 0 aliphatic carbocycles. The van der Waals surface area contributed by atoms with E-state index in [0.29, 0.717) is 27.0 Å². The highest BCUT2D eigenvalue weighted by atomic mass is 35.5. The van der Waals surface area contributed by atoms with Crippen molar-refractivity contribution in [2.45, 2.75) is 4.90 Å². The molecular formula is C28H21Cl2N3O3S2. The van der Waals surface area contributed by atoms with Gasteiger partial charge < -0.3 is 16.0 Å². The molecule has 4 aromatic rings. The lowest BCUT2D eigenvalue weighted by atomic mass is 10.2. The van der Waals surface area contributed by atoms with Crippen LogP contribution in [0.1, 0.15) is 15.9 Å². The quantitative estimate of drug-likeness (QED) is 0.144. The van der Waals surface area contributed by atoms with Gasteiger partial charge in [-0.25, -0.2) is 0 Å². The Bertz CT molecular complexity index is 1460. The lowest BCUT2D eigenvalue weighted by molar-refractivity contribution is -0.114. The molecule has 1 heterocycles. The largest absolute Gasteiger partial charge is 0.325 e. The number of carbonyl (C=O) groups excluding carboxylic acids is 3. The van der Waals surface area contributed by atoms with E-state index in [2.05, 4.69) is 16.0 Å². The van der Waals surface area contributed by atoms with Gasteiger partial charge >= 0.3 is 0 Å². The van der Waals surface area contributed by atoms with E-state index in [1.165, 1.54) is 23.1 Å². The van der Waals surface area contributed by atoms with Crippen molar-refractivity contribution >= 4 is 81.5 Å². The Morgan fingerprint density at radius 2 is 1.58 bits per heavy atom. The zero-order valence-corrected chi connectivity index (χ0v) is 22.9. The van der Waals surface area contributed by atoms with Gasteiger partial charge in [0.1, 0.15) is 5.70 Å². The van der Waals surface area contributed by atoms with Gasteiger partial charge in [0.2, 0.25) is 5.91 Å². The Labute approximate surface area is 238 Å². The molecule has 0 aliphatic heterocycles. The average Bonchev–Trinajstić information content (AvgIpc) is 3.44. The number of nitrogens with one attached hydrogen (secondary N) is 3. The fourth-order valence-electron chi connectivity index (χ4n) is 3.22. The summed E-state index contributed by atoms with van der Waals surface area (Å²) >= 11 is 14.7. The number of anilines is 2. The van der Waals surface area contributed by atoms with Crippen LogP contribution in [0.4, 0.5) is 11.4 Å². The summed E-state index contributed by atoms with van der Waals surface area (Å²) in [5.74, 6) is -0.844. The molecule has 6 nitrogen and oxygen atoms in total. The van der Waals surface area contributed by atoms with Gasteiger partial charge in [-0.15, -0.1) is 11.8 Å². The van der Waals surface area contributed by atoms with Crippen molar-refractivity contribution in [2.24, 2.45) is 0 Å². The molecule has 0 saturated carbocycles. The predicted molar refractivity (Wildman–Crippen MR) is 157 cm³/mol. The third kappa shape index (κ3) is 7.97. The molecule has 0 bridgehead atoms. The van der Waals surface area contributed by atoms with Crippen molar-refractivity contribution in [3.63, 3.8) is 0 Å². The van der Waals surface area contributed by atoms with E-state index in [1.54, 1.807) is 72.8 Å². The zero-order chi connectivity index (χ0) is 26.9. The number of hydrogen-bond acceptors (Lipinski definition) is 5. The zero-order valence-electron chi connectivity index (χ0n) is 19.7. The molecule has 38 heavy (non-hydrogen) atoms. The lowest BCUT2D eigenvalue weighted by Gasteiger charge is -2.11. The molecule has 3 aromatic carbocycles. The Hall–Kier alpha value is -3.56. The van der Waals surface area contributed by atoms with E-state index in [1.807, 2.05) is 22.9 Å². The minimum Gasteiger partial charge on any atom is -0.325 e. The van der Waals surface area contributed by atoms with Crippen LogP contribution in [0.2, 0.25) is 10.0 Å². The molecule has 0 spiro atoms. The van der Waals surface area contributed by atoms with Crippen LogP contribution in [0, 0.1) is 0 Å². The maximum absolute atomic E-state index is 13.1. The van der Waals surface area contributed by atoms with E-state index in [4.69, 9.17) is 23.2 Å². The number of carbonyl (C=O) groups is 3. The molecule has 0 radical (unpaired) electrons. The lowest BCUT2D eigenvalue weighted by Crippen LogP contribution is -2.30. The van der Waals surface area contributed by atoms with Crippen molar-refractivity contribution < 1.29 is 14.4 Å². The van der Waals surface area contributed by atoms with Crippen LogP contribution in [0.25, 0.3) is 6.08 Å². The molecule has 10 heteroatoms. The first-order chi connectivity index (χ1) is 18.4. The average molecular weight is 583 g/mol. The van der Waals surface area contributed by atoms with Crippen LogP contribution in [-0.4, -0.2) is 23.5 Å². The first-order valence-corrected chi connectivity index (χ1v) is 14.0. The van der Waals surface area contributed by atoms with E-state index < -0.39 is 5.91 Å². The molecule has 1 aromatic heterocycles. The highest BCUT2D eigenvalue weighted by molar-refractivity contribution is 8.00. The van der Waals surface area contributed by atoms with Crippen molar-refractivity contribution in [3.05, 3.63) is 116 Å². The van der Waals surface area contributed by atoms with E-state index in [0.717, 1.165) is 10.5 Å². The summed E-state index contributed by atoms with van der Waals surface area (Å²) < 4.78 is 0. The summed E-state index contributed by atoms with van der Waals surface area (Å²) in [6, 6.07) is 22.5. The second-order valence-electron chi connectivity index (χ2n) is 7.88. The second kappa shape index (κ2) is 13.3. The van der Waals surface area contributed by atoms with E-state index in [-0.39, 0.29) is 23.3 Å². The Kier molecular flexibility index (Phi) is 9.62. The maximum Gasteiger partial charge on any atom is 0.272 e. The van der Waals surface area contributed by atoms with Crippen molar-refractivity contribution in [3.8, 4) is 0 Å². The van der Waals surface area contributed by atoms with Crippen molar-refractivity contribution in [1.82, 2.24) is 5.32 Å². The van der Waals surface area contributed by atoms with Gasteiger partial charge in [0, 0.05) is 21.8 Å². The number of rotatable bonds is 9. The molecule has 3 N–H and O–H groups in total. The van der Waals surface area contributed by atoms with Crippen LogP contribution < -0.4 is 16.0 Å². The standard InChI is InChI=1S/C28H21Cl2N3O3S2/c29-23-11-8-21(15-24(23)30)31-26(34)17-38-22-9-6-20(7-10-22)32-28(36)25(14-18-12-13-37-16-18)33-27(35)19-4-2-1-3-5-19/h1-16H,17H2,(H,31,34)(H,32,36)(H,33,35)/b25-14-. The molecular weight excluding hydrogens is 561 g/mol. The Morgan fingerprint density at radius 1 is 0.842 bits per heavy atom. The van der Waals surface area contributed by atoms with Crippen LogP contribution in [0.5, 0.6) is 0 Å². The third-order valence-electron chi connectivity index (χ3n) is 5.07. The molecule has 0 atom stereocenters. The van der Waals surface area contributed by atoms with Crippen LogP contribution >= 0.6 is 46.3 Å². The molecule has 0 fully saturated rings. The van der Waals surface area contributed by atoms with Crippen LogP contribution in [0.3, 0.4) is 0 Å². The van der Waals surface area contributed by atoms with Gasteiger partial charge in [-0.2, -0.15) is 11.3 Å². The summed E-state index contributed by atoms with van der Waals surface area (Å²) in [4.78, 5) is 38.9. The highest BCUT2D eigenvalue weighted by Gasteiger charge is 2.15. The number of hydrogen-bond donors (Lipinski definition) is 3. The van der Waals surface area contributed by atoms with E-state index >= 15 is 0 Å². The van der Waals surface area contributed by atoms with Crippen molar-refractivity contribution in [1.29, 1.82) is 0 Å². The summed E-state index contributed by atoms with van der Waals surface area (Å²) in [6.45, 7) is 0. The minimum absolute atomic E-state index is 0.120. The molecule has 0 unspecified atom stereocenters. The van der Waals surface area contributed by atoms with Crippen LogP contribution in [-0.2, 0) is 9.59 Å². The summed E-state index contributed by atoms with van der Waals surface area (Å²) in [5.41, 5.74) is 2.48. The minimum atomic E-state index is -0.457. The number of thiophene rings is 1. The molecule has 0 saturated heterocycles. The topological polar surface area (TPSA) is 87.3 Å². The highest BCUT2D eigenvalue weighted by Crippen LogP contribution is 2.26. The summed E-state index contributed by atoms with van der Waals surface area (Å²) in [7, 11) is 0. The van der Waals surface area contributed by atoms with Gasteiger partial charge in [0.05, 0.1) is 15.8 Å². The molecule has 4 rings (SSSR count). The number of halogens is 2. The van der Waals surface area contributed by atoms with Gasteiger partial charge in [-0.05, 0) is 83.1 Å². The van der Waals surface area contributed by atoms with Gasteiger partial charge in [-0.3, -0.25) is 14.4 Å². The number of thioether (sulfide) groups is 1. The fourth-order valence-corrected chi connectivity index (χ4v) is 4.83. The summed E-state index contributed by atoms with van der Waals surface area (Å²) in [5, 5.41) is 12.9. The van der Waals surface area contributed by atoms with Gasteiger partial charge in [0.15, 0.2) is 0 Å². The second-order valence-corrected chi connectivity index (χ2v) is 10.5. The first-order valence-electron chi connectivity index (χ1n) is 11.3. The normalized spacial score (nSPS) is 11.1. The van der Waals surface area contributed by atoms with E-state index in [9.17, 15) is 14.4 Å². The SMILES string of the molecule is O=C(CSc1ccc(NC(=O)/C(=C/c2ccsc2)NC(=O)c2ccccc2)cc1)Nc1ccc(Cl)c(Cl)c1. The van der Waals surface area contributed by atoms with Crippen molar-refractivity contribution in [2.75, 3.05) is 16.4 Å². The predicted octanol–water partition coefficient (Wildman–Crippen LogP) is 7.20. The number of benzene rings is 3. The maximum atomic E-state index is 13.1. The monoisotopic (exact) mass is 581 g/mol. The van der Waals surface area contributed by atoms with Gasteiger partial charge in [0.25, 0.3) is 11.8 Å². The molecule has 3 amide bonds. The van der Waals surface area contributed by atoms with Crippen LogP contribution in [0.15, 0.2) is 100 Å². The number of amides is 3.